The summed E-state index contributed by atoms with van der Waals surface area (Å²) >= 11 is 9.59. The van der Waals surface area contributed by atoms with Crippen LogP contribution in [0.1, 0.15) is 17.9 Å². The Morgan fingerprint density at radius 2 is 1.79 bits per heavy atom. The number of nitrogens with one attached hydrogen (secondary N) is 2. The molecule has 0 aliphatic rings. The monoisotopic (exact) mass is 366 g/mol. The fraction of sp³-hybridized carbons (Fsp3) is 0.364. The number of fused-ring (bicyclic) bond motifs is 1. The van der Waals surface area contributed by atoms with Gasteiger partial charge in [-0.1, -0.05) is 15.9 Å². The van der Waals surface area contributed by atoms with E-state index in [1.165, 1.54) is 0 Å². The quantitative estimate of drug-likeness (QED) is 0.817. The maximum Gasteiger partial charge on any atom is 0.323 e. The van der Waals surface area contributed by atoms with Crippen LogP contribution in [0.15, 0.2) is 21.4 Å². The van der Waals surface area contributed by atoms with Gasteiger partial charge in [0.1, 0.15) is 0 Å². The number of alkyl halides is 1. The van der Waals surface area contributed by atoms with Crippen LogP contribution in [-0.4, -0.2) is 29.9 Å². The van der Waals surface area contributed by atoms with Gasteiger partial charge < -0.3 is 9.97 Å². The van der Waals surface area contributed by atoms with Crippen molar-refractivity contribution in [2.45, 2.75) is 17.6 Å². The number of hydrogen-bond acceptors (Lipinski definition) is 3. The molecule has 0 amide bonds. The van der Waals surface area contributed by atoms with Crippen molar-refractivity contribution in [1.82, 2.24) is 9.97 Å². The molecule has 5 nitrogen and oxygen atoms in total. The zero-order valence-electron chi connectivity index (χ0n) is 10.2. The molecule has 1 aromatic heterocycles. The van der Waals surface area contributed by atoms with Crippen molar-refractivity contribution in [2.24, 2.45) is 0 Å². The van der Waals surface area contributed by atoms with Gasteiger partial charge in [0, 0.05) is 10.7 Å². The predicted molar refractivity (Wildman–Crippen MR) is 79.5 cm³/mol. The van der Waals surface area contributed by atoms with E-state index in [2.05, 4.69) is 25.9 Å². The summed E-state index contributed by atoms with van der Waals surface area (Å²) < 4.78 is 23.8. The number of H-pyrrole nitrogens is 2. The van der Waals surface area contributed by atoms with E-state index in [0.29, 0.717) is 21.1 Å². The summed E-state index contributed by atoms with van der Waals surface area (Å²) in [6.07, 6.45) is 1.15. The van der Waals surface area contributed by atoms with Crippen molar-refractivity contribution in [3.05, 3.63) is 32.7 Å². The second-order valence-electron chi connectivity index (χ2n) is 4.43. The smallest absolute Gasteiger partial charge is 0.306 e. The first-order valence-corrected chi connectivity index (χ1v) is 8.63. The van der Waals surface area contributed by atoms with Gasteiger partial charge in [-0.25, -0.2) is 13.2 Å². The molecule has 0 saturated carbocycles. The number of rotatable bonds is 3. The average Bonchev–Trinajstić information content (AvgIpc) is 2.64. The number of halogens is 2. The zero-order valence-corrected chi connectivity index (χ0v) is 13.4. The Kier molecular flexibility index (Phi) is 3.81. The molecule has 1 heterocycles. The summed E-state index contributed by atoms with van der Waals surface area (Å²) in [6.45, 7) is 1.56. The minimum absolute atomic E-state index is 0.318. The molecule has 0 radical (unpaired) electrons. The second-order valence-corrected chi connectivity index (χ2v) is 8.16. The standard InChI is InChI=1S/C11H12BrClN2O3S/c1-5(19(2,17)18)10(13)6-3-8-9(4-7(6)12)15-11(16)14-8/h3-5,10H,1-2H3,(H2,14,15,16). The molecule has 2 atom stereocenters. The highest BCUT2D eigenvalue weighted by atomic mass is 79.9. The lowest BCUT2D eigenvalue weighted by Gasteiger charge is -2.18. The molecule has 0 fully saturated rings. The predicted octanol–water partition coefficient (Wildman–Crippen LogP) is 2.33. The Bertz CT molecular complexity index is 781. The van der Waals surface area contributed by atoms with Crippen LogP contribution in [0.25, 0.3) is 11.0 Å². The van der Waals surface area contributed by atoms with Gasteiger partial charge in [0.15, 0.2) is 9.84 Å². The van der Waals surface area contributed by atoms with Crippen molar-refractivity contribution in [3.63, 3.8) is 0 Å². The van der Waals surface area contributed by atoms with E-state index >= 15 is 0 Å². The van der Waals surface area contributed by atoms with E-state index in [0.717, 1.165) is 6.26 Å². The Morgan fingerprint density at radius 3 is 2.32 bits per heavy atom. The lowest BCUT2D eigenvalue weighted by Crippen LogP contribution is -2.21. The van der Waals surface area contributed by atoms with Gasteiger partial charge in [-0.2, -0.15) is 0 Å². The zero-order chi connectivity index (χ0) is 14.4. The highest BCUT2D eigenvalue weighted by molar-refractivity contribution is 9.10. The molecular formula is C11H12BrClN2O3S. The van der Waals surface area contributed by atoms with Crippen molar-refractivity contribution < 1.29 is 8.42 Å². The molecule has 0 saturated heterocycles. The molecule has 1 aromatic carbocycles. The number of aromatic amines is 2. The summed E-state index contributed by atoms with van der Waals surface area (Å²) in [5.74, 6) is 0. The van der Waals surface area contributed by atoms with Crippen LogP contribution in [-0.2, 0) is 9.84 Å². The summed E-state index contributed by atoms with van der Waals surface area (Å²) in [5.41, 5.74) is 1.54. The maximum absolute atomic E-state index is 11.6. The number of benzene rings is 1. The van der Waals surface area contributed by atoms with E-state index in [1.807, 2.05) is 0 Å². The van der Waals surface area contributed by atoms with E-state index in [-0.39, 0.29) is 5.69 Å². The van der Waals surface area contributed by atoms with E-state index in [4.69, 9.17) is 11.6 Å². The summed E-state index contributed by atoms with van der Waals surface area (Å²) in [7, 11) is -3.25. The number of imidazole rings is 1. The van der Waals surface area contributed by atoms with Crippen molar-refractivity contribution in [3.8, 4) is 0 Å². The molecule has 2 rings (SSSR count). The normalized spacial score (nSPS) is 15.6. The lowest BCUT2D eigenvalue weighted by atomic mass is 10.1. The summed E-state index contributed by atoms with van der Waals surface area (Å²) in [4.78, 5) is 16.5. The molecule has 19 heavy (non-hydrogen) atoms. The highest BCUT2D eigenvalue weighted by Gasteiger charge is 2.27. The molecule has 2 N–H and O–H groups in total. The Morgan fingerprint density at radius 1 is 1.26 bits per heavy atom. The lowest BCUT2D eigenvalue weighted by molar-refractivity contribution is 0.587. The Hall–Kier alpha value is -0.790. The minimum Gasteiger partial charge on any atom is -0.306 e. The largest absolute Gasteiger partial charge is 0.323 e. The Balaban J connectivity index is 2.55. The second kappa shape index (κ2) is 4.96. The first-order chi connectivity index (χ1) is 8.70. The van der Waals surface area contributed by atoms with Gasteiger partial charge in [0.05, 0.1) is 21.7 Å². The molecule has 0 bridgehead atoms. The number of hydrogen-bond donors (Lipinski definition) is 2. The third kappa shape index (κ3) is 2.88. The topological polar surface area (TPSA) is 82.8 Å². The van der Waals surface area contributed by atoms with Crippen LogP contribution < -0.4 is 5.69 Å². The highest BCUT2D eigenvalue weighted by Crippen LogP contribution is 2.35. The molecule has 8 heteroatoms. The van der Waals surface area contributed by atoms with Gasteiger partial charge in [-0.3, -0.25) is 0 Å². The molecule has 0 aliphatic heterocycles. The molecular weight excluding hydrogens is 356 g/mol. The van der Waals surface area contributed by atoms with Crippen LogP contribution >= 0.6 is 27.5 Å². The summed E-state index contributed by atoms with van der Waals surface area (Å²) in [6, 6.07) is 3.38. The number of sulfone groups is 1. The first-order valence-electron chi connectivity index (χ1n) is 5.44. The third-order valence-corrected chi connectivity index (χ3v) is 6.09. The first kappa shape index (κ1) is 14.6. The van der Waals surface area contributed by atoms with Crippen molar-refractivity contribution in [2.75, 3.05) is 6.26 Å². The third-order valence-electron chi connectivity index (χ3n) is 3.02. The van der Waals surface area contributed by atoms with Crippen LogP contribution in [0.5, 0.6) is 0 Å². The van der Waals surface area contributed by atoms with Gasteiger partial charge in [0.2, 0.25) is 0 Å². The average molecular weight is 368 g/mol. The van der Waals surface area contributed by atoms with E-state index < -0.39 is 20.5 Å². The fourth-order valence-corrected chi connectivity index (χ4v) is 3.80. The molecule has 2 unspecified atom stereocenters. The van der Waals surface area contributed by atoms with Crippen LogP contribution in [0.4, 0.5) is 0 Å². The van der Waals surface area contributed by atoms with E-state index in [1.54, 1.807) is 19.1 Å². The van der Waals surface area contributed by atoms with Gasteiger partial charge in [-0.15, -0.1) is 11.6 Å². The van der Waals surface area contributed by atoms with Gasteiger partial charge in [-0.05, 0) is 24.6 Å². The van der Waals surface area contributed by atoms with Gasteiger partial charge in [0.25, 0.3) is 0 Å². The van der Waals surface area contributed by atoms with Crippen LogP contribution in [0.2, 0.25) is 0 Å². The van der Waals surface area contributed by atoms with Crippen LogP contribution in [0.3, 0.4) is 0 Å². The minimum atomic E-state index is -3.25. The SMILES string of the molecule is CC(C(Cl)c1cc2[nH]c(=O)[nH]c2cc1Br)S(C)(=O)=O. The van der Waals surface area contributed by atoms with Crippen molar-refractivity contribution >= 4 is 48.4 Å². The molecule has 0 spiro atoms. The van der Waals surface area contributed by atoms with Crippen molar-refractivity contribution in [1.29, 1.82) is 0 Å². The Labute approximate surface area is 123 Å². The number of aromatic nitrogens is 2. The maximum atomic E-state index is 11.6. The molecule has 0 aliphatic carbocycles. The molecule has 2 aromatic rings. The van der Waals surface area contributed by atoms with Crippen LogP contribution in [0, 0.1) is 0 Å². The fourth-order valence-electron chi connectivity index (χ4n) is 1.75. The molecule has 104 valence electrons. The van der Waals surface area contributed by atoms with E-state index in [9.17, 15) is 13.2 Å². The van der Waals surface area contributed by atoms with Gasteiger partial charge >= 0.3 is 5.69 Å². The summed E-state index contributed by atoms with van der Waals surface area (Å²) in [5, 5.41) is -1.43.